The normalized spacial score (nSPS) is 19.4. The van der Waals surface area contributed by atoms with E-state index in [4.69, 9.17) is 12.2 Å². The SMILES string of the molecule is CN(C)CCN(C(=S)NCc1ccc(F)cc1)[C@@H]1CCS(=O)(=O)C1. The lowest BCUT2D eigenvalue weighted by Gasteiger charge is -2.32. The lowest BCUT2D eigenvalue weighted by molar-refractivity contribution is 0.283. The molecule has 1 aromatic rings. The summed E-state index contributed by atoms with van der Waals surface area (Å²) in [5, 5.41) is 3.71. The molecule has 1 atom stereocenters. The van der Waals surface area contributed by atoms with Gasteiger partial charge in [0.15, 0.2) is 14.9 Å². The van der Waals surface area contributed by atoms with Gasteiger partial charge in [0.05, 0.1) is 11.5 Å². The van der Waals surface area contributed by atoms with Crippen LogP contribution in [-0.2, 0) is 16.4 Å². The third-order valence-electron chi connectivity index (χ3n) is 4.06. The van der Waals surface area contributed by atoms with Crippen molar-refractivity contribution < 1.29 is 12.8 Å². The van der Waals surface area contributed by atoms with Gasteiger partial charge in [0.1, 0.15) is 5.82 Å². The Morgan fingerprint density at radius 1 is 1.29 bits per heavy atom. The summed E-state index contributed by atoms with van der Waals surface area (Å²) in [5.41, 5.74) is 0.922. The van der Waals surface area contributed by atoms with Gasteiger partial charge in [-0.25, -0.2) is 12.8 Å². The maximum atomic E-state index is 13.0. The minimum atomic E-state index is -2.97. The van der Waals surface area contributed by atoms with Crippen molar-refractivity contribution in [3.8, 4) is 0 Å². The van der Waals surface area contributed by atoms with Crippen LogP contribution in [0, 0.1) is 5.82 Å². The summed E-state index contributed by atoms with van der Waals surface area (Å²) in [6.07, 6.45) is 0.605. The average molecular weight is 374 g/mol. The molecule has 2 rings (SSSR count). The van der Waals surface area contributed by atoms with E-state index >= 15 is 0 Å². The van der Waals surface area contributed by atoms with E-state index in [0.29, 0.717) is 24.6 Å². The topological polar surface area (TPSA) is 52.6 Å². The Kier molecular flexibility index (Phi) is 6.54. The third kappa shape index (κ3) is 5.68. The minimum Gasteiger partial charge on any atom is -0.358 e. The van der Waals surface area contributed by atoms with E-state index < -0.39 is 9.84 Å². The zero-order valence-electron chi connectivity index (χ0n) is 14.0. The Hall–Kier alpha value is -1.25. The van der Waals surface area contributed by atoms with Gasteiger partial charge in [0.2, 0.25) is 0 Å². The number of rotatable bonds is 6. The average Bonchev–Trinajstić information content (AvgIpc) is 2.86. The molecule has 1 fully saturated rings. The van der Waals surface area contributed by atoms with Crippen LogP contribution >= 0.6 is 12.2 Å². The van der Waals surface area contributed by atoms with Crippen LogP contribution in [0.25, 0.3) is 0 Å². The standard InChI is InChI=1S/C16H24FN3O2S2/c1-19(2)8-9-20(15-7-10-24(21,22)12-15)16(23)18-11-13-3-5-14(17)6-4-13/h3-6,15H,7-12H2,1-2H3,(H,18,23)/t15-/m1/s1. The maximum absolute atomic E-state index is 13.0. The van der Waals surface area contributed by atoms with Crippen LogP contribution < -0.4 is 5.32 Å². The minimum absolute atomic E-state index is 0.0804. The fraction of sp³-hybridized carbons (Fsp3) is 0.562. The van der Waals surface area contributed by atoms with E-state index in [0.717, 1.165) is 12.1 Å². The van der Waals surface area contributed by atoms with Crippen molar-refractivity contribution in [2.45, 2.75) is 19.0 Å². The van der Waals surface area contributed by atoms with Crippen molar-refractivity contribution in [3.05, 3.63) is 35.6 Å². The Morgan fingerprint density at radius 2 is 1.96 bits per heavy atom. The van der Waals surface area contributed by atoms with Gasteiger partial charge in [-0.3, -0.25) is 0 Å². The van der Waals surface area contributed by atoms with Gasteiger partial charge in [0.25, 0.3) is 0 Å². The van der Waals surface area contributed by atoms with E-state index in [1.54, 1.807) is 12.1 Å². The summed E-state index contributed by atoms with van der Waals surface area (Å²) in [6, 6.07) is 6.15. The van der Waals surface area contributed by atoms with Crippen molar-refractivity contribution in [1.29, 1.82) is 0 Å². The van der Waals surface area contributed by atoms with Crippen LogP contribution in [0.4, 0.5) is 4.39 Å². The molecule has 1 saturated heterocycles. The Morgan fingerprint density at radius 3 is 2.50 bits per heavy atom. The highest BCUT2D eigenvalue weighted by Gasteiger charge is 2.33. The van der Waals surface area contributed by atoms with Crippen LogP contribution in [0.5, 0.6) is 0 Å². The molecular weight excluding hydrogens is 349 g/mol. The molecule has 1 aliphatic rings. The molecule has 8 heteroatoms. The van der Waals surface area contributed by atoms with Gasteiger partial charge in [-0.2, -0.15) is 0 Å². The number of likely N-dealkylation sites (N-methyl/N-ethyl adjacent to an activating group) is 1. The lowest BCUT2D eigenvalue weighted by Crippen LogP contribution is -2.48. The first kappa shape index (κ1) is 19.1. The Bertz CT molecular complexity index is 662. The van der Waals surface area contributed by atoms with Gasteiger partial charge in [-0.05, 0) is 50.4 Å². The van der Waals surface area contributed by atoms with Crippen molar-refractivity contribution in [2.75, 3.05) is 38.7 Å². The summed E-state index contributed by atoms with van der Waals surface area (Å²) >= 11 is 5.49. The molecule has 134 valence electrons. The second-order valence-corrected chi connectivity index (χ2v) is 8.95. The molecule has 24 heavy (non-hydrogen) atoms. The summed E-state index contributed by atoms with van der Waals surface area (Å²) in [4.78, 5) is 4.02. The number of thiocarbonyl (C=S) groups is 1. The molecule has 1 N–H and O–H groups in total. The van der Waals surface area contributed by atoms with Crippen LogP contribution in [0.1, 0.15) is 12.0 Å². The summed E-state index contributed by atoms with van der Waals surface area (Å²) in [6.45, 7) is 1.94. The van der Waals surface area contributed by atoms with Crippen LogP contribution in [0.2, 0.25) is 0 Å². The molecule has 0 radical (unpaired) electrons. The van der Waals surface area contributed by atoms with Gasteiger partial charge >= 0.3 is 0 Å². The van der Waals surface area contributed by atoms with E-state index in [1.807, 2.05) is 23.9 Å². The monoisotopic (exact) mass is 373 g/mol. The smallest absolute Gasteiger partial charge is 0.169 e. The Balaban J connectivity index is 1.99. The number of hydrogen-bond donors (Lipinski definition) is 1. The van der Waals surface area contributed by atoms with Gasteiger partial charge in [-0.1, -0.05) is 12.1 Å². The molecule has 1 heterocycles. The highest BCUT2D eigenvalue weighted by atomic mass is 32.2. The number of nitrogens with one attached hydrogen (secondary N) is 1. The first-order valence-electron chi connectivity index (χ1n) is 7.91. The largest absolute Gasteiger partial charge is 0.358 e. The molecule has 1 aromatic carbocycles. The van der Waals surface area contributed by atoms with E-state index in [1.165, 1.54) is 12.1 Å². The zero-order chi connectivity index (χ0) is 17.7. The second kappa shape index (κ2) is 8.22. The molecule has 0 amide bonds. The predicted octanol–water partition coefficient (Wildman–Crippen LogP) is 1.25. The molecule has 0 spiro atoms. The molecular formula is C16H24FN3O2S2. The number of benzene rings is 1. The molecule has 0 unspecified atom stereocenters. The van der Waals surface area contributed by atoms with Crippen LogP contribution in [-0.4, -0.2) is 68.1 Å². The fourth-order valence-corrected chi connectivity index (χ4v) is 4.70. The van der Waals surface area contributed by atoms with E-state index in [9.17, 15) is 12.8 Å². The fourth-order valence-electron chi connectivity index (χ4n) is 2.66. The highest BCUT2D eigenvalue weighted by Crippen LogP contribution is 2.18. The quantitative estimate of drug-likeness (QED) is 0.758. The molecule has 0 saturated carbocycles. The summed E-state index contributed by atoms with van der Waals surface area (Å²) < 4.78 is 36.5. The molecule has 5 nitrogen and oxygen atoms in total. The van der Waals surface area contributed by atoms with Crippen LogP contribution in [0.3, 0.4) is 0 Å². The van der Waals surface area contributed by atoms with Gasteiger partial charge in [-0.15, -0.1) is 0 Å². The molecule has 0 aromatic heterocycles. The zero-order valence-corrected chi connectivity index (χ0v) is 15.7. The number of nitrogens with zero attached hydrogens (tertiary/aromatic N) is 2. The molecule has 1 aliphatic heterocycles. The summed E-state index contributed by atoms with van der Waals surface area (Å²) in [5.74, 6) is 0.0975. The Labute approximate surface area is 148 Å². The first-order valence-corrected chi connectivity index (χ1v) is 10.1. The number of hydrogen-bond acceptors (Lipinski definition) is 4. The number of halogens is 1. The van der Waals surface area contributed by atoms with Gasteiger partial charge in [0, 0.05) is 25.7 Å². The highest BCUT2D eigenvalue weighted by molar-refractivity contribution is 7.91. The van der Waals surface area contributed by atoms with Crippen molar-refractivity contribution >= 4 is 27.2 Å². The van der Waals surface area contributed by atoms with Gasteiger partial charge < -0.3 is 15.1 Å². The van der Waals surface area contributed by atoms with Crippen LogP contribution in [0.15, 0.2) is 24.3 Å². The maximum Gasteiger partial charge on any atom is 0.169 e. The predicted molar refractivity (Wildman–Crippen MR) is 98.2 cm³/mol. The first-order chi connectivity index (χ1) is 11.3. The van der Waals surface area contributed by atoms with E-state index in [-0.39, 0.29) is 23.4 Å². The van der Waals surface area contributed by atoms with Crippen molar-refractivity contribution in [1.82, 2.24) is 15.1 Å². The molecule has 0 bridgehead atoms. The third-order valence-corrected chi connectivity index (χ3v) is 6.18. The summed E-state index contributed by atoms with van der Waals surface area (Å²) in [7, 11) is 0.973. The lowest BCUT2D eigenvalue weighted by atomic mass is 10.2. The number of sulfone groups is 1. The van der Waals surface area contributed by atoms with Crippen molar-refractivity contribution in [3.63, 3.8) is 0 Å². The van der Waals surface area contributed by atoms with Crippen molar-refractivity contribution in [2.24, 2.45) is 0 Å². The van der Waals surface area contributed by atoms with E-state index in [2.05, 4.69) is 5.32 Å². The molecule has 0 aliphatic carbocycles. The second-order valence-electron chi connectivity index (χ2n) is 6.34.